The van der Waals surface area contributed by atoms with Gasteiger partial charge in [-0.3, -0.25) is 4.79 Å². The lowest BCUT2D eigenvalue weighted by molar-refractivity contribution is -0.302. The van der Waals surface area contributed by atoms with Crippen LogP contribution >= 0.6 is 0 Å². The first-order valence-electron chi connectivity index (χ1n) is 21.0. The largest absolute Gasteiger partial charge is 0.394 e. The number of carbonyl (C=O) groups excluding carboxylic acids is 1. The third-order valence-corrected chi connectivity index (χ3v) is 9.60. The SMILES string of the molecule is CC/C=C\C/C=C\C/C=C\C/C=C\CCCCCCCCCCCCC(=O)NC(COC1OC(CO)C(O)C(O)C1O)C(O)/C=C/CCCCCCC. The zero-order chi connectivity index (χ0) is 38.8. The van der Waals surface area contributed by atoms with Crippen molar-refractivity contribution in [2.75, 3.05) is 13.2 Å². The molecule has 7 unspecified atom stereocenters. The molecule has 1 amide bonds. The first kappa shape index (κ1) is 48.9. The van der Waals surface area contributed by atoms with E-state index in [1.165, 1.54) is 64.2 Å². The molecule has 7 atom stereocenters. The van der Waals surface area contributed by atoms with Crippen LogP contribution in [0, 0.1) is 0 Å². The van der Waals surface area contributed by atoms with E-state index in [9.17, 15) is 30.3 Å². The minimum atomic E-state index is -1.57. The number of rotatable bonds is 33. The monoisotopic (exact) mass is 748 g/mol. The van der Waals surface area contributed by atoms with Crippen molar-refractivity contribution in [2.24, 2.45) is 0 Å². The fraction of sp³-hybridized carbons (Fsp3) is 0.750. The number of hydrogen-bond donors (Lipinski definition) is 6. The van der Waals surface area contributed by atoms with Gasteiger partial charge in [0.1, 0.15) is 24.4 Å². The average Bonchev–Trinajstić information content (AvgIpc) is 3.16. The second-order valence-corrected chi connectivity index (χ2v) is 14.4. The third-order valence-electron chi connectivity index (χ3n) is 9.60. The first-order chi connectivity index (χ1) is 25.8. The molecule has 0 aromatic rings. The predicted octanol–water partition coefficient (Wildman–Crippen LogP) is 8.05. The van der Waals surface area contributed by atoms with Crippen molar-refractivity contribution < 1.29 is 39.8 Å². The van der Waals surface area contributed by atoms with Crippen molar-refractivity contribution in [3.63, 3.8) is 0 Å². The molecule has 9 heteroatoms. The third kappa shape index (κ3) is 25.6. The fourth-order valence-corrected chi connectivity index (χ4v) is 6.20. The van der Waals surface area contributed by atoms with E-state index in [2.05, 4.69) is 67.8 Å². The van der Waals surface area contributed by atoms with Gasteiger partial charge in [0.25, 0.3) is 0 Å². The van der Waals surface area contributed by atoms with E-state index < -0.39 is 49.5 Å². The Kier molecular flexibility index (Phi) is 31.7. The zero-order valence-electron chi connectivity index (χ0n) is 33.2. The number of hydrogen-bond acceptors (Lipinski definition) is 8. The molecule has 1 rings (SSSR count). The van der Waals surface area contributed by atoms with E-state index in [4.69, 9.17) is 9.47 Å². The van der Waals surface area contributed by atoms with Crippen molar-refractivity contribution in [1.29, 1.82) is 0 Å². The number of unbranched alkanes of at least 4 members (excludes halogenated alkanes) is 15. The van der Waals surface area contributed by atoms with Crippen molar-refractivity contribution in [3.8, 4) is 0 Å². The van der Waals surface area contributed by atoms with Crippen molar-refractivity contribution >= 4 is 5.91 Å². The summed E-state index contributed by atoms with van der Waals surface area (Å²) in [6.45, 7) is 3.57. The molecule has 0 aromatic carbocycles. The van der Waals surface area contributed by atoms with E-state index in [0.717, 1.165) is 70.6 Å². The molecule has 1 heterocycles. The Hall–Kier alpha value is -2.11. The van der Waals surface area contributed by atoms with E-state index in [1.54, 1.807) is 6.08 Å². The maximum Gasteiger partial charge on any atom is 0.220 e. The van der Waals surface area contributed by atoms with Gasteiger partial charge >= 0.3 is 0 Å². The second-order valence-electron chi connectivity index (χ2n) is 14.4. The molecule has 6 N–H and O–H groups in total. The highest BCUT2D eigenvalue weighted by Gasteiger charge is 2.44. The van der Waals surface area contributed by atoms with Gasteiger partial charge in [-0.15, -0.1) is 0 Å². The van der Waals surface area contributed by atoms with Crippen LogP contribution in [0.3, 0.4) is 0 Å². The minimum absolute atomic E-state index is 0.190. The average molecular weight is 748 g/mol. The van der Waals surface area contributed by atoms with Gasteiger partial charge in [0, 0.05) is 6.42 Å². The van der Waals surface area contributed by atoms with Crippen molar-refractivity contribution in [3.05, 3.63) is 60.8 Å². The Morgan fingerprint density at radius 1 is 0.660 bits per heavy atom. The predicted molar refractivity (Wildman–Crippen MR) is 216 cm³/mol. The summed E-state index contributed by atoms with van der Waals surface area (Å²) in [6, 6.07) is -0.805. The Morgan fingerprint density at radius 2 is 1.17 bits per heavy atom. The van der Waals surface area contributed by atoms with Crippen LogP contribution in [0.4, 0.5) is 0 Å². The molecule has 0 aromatic heterocycles. The highest BCUT2D eigenvalue weighted by Crippen LogP contribution is 2.22. The molecule has 1 aliphatic rings. The molecule has 1 fully saturated rings. The number of aliphatic hydroxyl groups is 5. The van der Waals surface area contributed by atoms with Gasteiger partial charge in [0.15, 0.2) is 6.29 Å². The smallest absolute Gasteiger partial charge is 0.220 e. The molecule has 0 bridgehead atoms. The van der Waals surface area contributed by atoms with Crippen LogP contribution < -0.4 is 5.32 Å². The molecule has 0 radical (unpaired) electrons. The minimum Gasteiger partial charge on any atom is -0.394 e. The van der Waals surface area contributed by atoms with Crippen molar-refractivity contribution in [1.82, 2.24) is 5.32 Å². The Balaban J connectivity index is 2.25. The number of carbonyl (C=O) groups is 1. The zero-order valence-corrected chi connectivity index (χ0v) is 33.2. The van der Waals surface area contributed by atoms with Crippen LogP contribution in [-0.4, -0.2) is 87.5 Å². The molecule has 0 aliphatic carbocycles. The van der Waals surface area contributed by atoms with Crippen LogP contribution in [0.5, 0.6) is 0 Å². The van der Waals surface area contributed by atoms with Gasteiger partial charge in [0.05, 0.1) is 25.4 Å². The first-order valence-corrected chi connectivity index (χ1v) is 21.0. The standard InChI is InChI=1S/C44H77NO8/c1-3-5-7-9-11-12-13-14-15-16-17-18-19-20-21-22-23-24-25-26-28-30-32-34-40(48)45-37(38(47)33-31-29-27-10-8-6-4-2)36-52-44-43(51)42(50)41(49)39(35-46)53-44/h5,7,11-12,14-15,17-18,31,33,37-39,41-44,46-47,49-51H,3-4,6,8-10,13,16,19-30,32,34-36H2,1-2H3,(H,45,48)/b7-5-,12-11-,15-14-,18-17-,33-31+. The van der Waals surface area contributed by atoms with E-state index >= 15 is 0 Å². The summed E-state index contributed by atoms with van der Waals surface area (Å²) in [4.78, 5) is 12.9. The number of amides is 1. The molecule has 0 spiro atoms. The van der Waals surface area contributed by atoms with E-state index in [0.29, 0.717) is 6.42 Å². The quantitative estimate of drug-likeness (QED) is 0.0292. The number of aliphatic hydroxyl groups excluding tert-OH is 5. The van der Waals surface area contributed by atoms with Gasteiger partial charge in [0.2, 0.25) is 5.91 Å². The lowest BCUT2D eigenvalue weighted by Gasteiger charge is -2.40. The maximum absolute atomic E-state index is 12.9. The highest BCUT2D eigenvalue weighted by atomic mass is 16.7. The topological polar surface area (TPSA) is 149 Å². The Labute approximate surface area is 322 Å². The van der Waals surface area contributed by atoms with Crippen LogP contribution in [0.2, 0.25) is 0 Å². The molecule has 53 heavy (non-hydrogen) atoms. The molecular formula is C44H77NO8. The van der Waals surface area contributed by atoms with Gasteiger partial charge in [-0.2, -0.15) is 0 Å². The van der Waals surface area contributed by atoms with Gasteiger partial charge < -0.3 is 40.3 Å². The highest BCUT2D eigenvalue weighted by molar-refractivity contribution is 5.76. The van der Waals surface area contributed by atoms with Gasteiger partial charge in [-0.1, -0.05) is 152 Å². The summed E-state index contributed by atoms with van der Waals surface area (Å²) in [5.74, 6) is -0.190. The Morgan fingerprint density at radius 3 is 1.74 bits per heavy atom. The number of nitrogens with one attached hydrogen (secondary N) is 1. The summed E-state index contributed by atoms with van der Waals surface area (Å²) in [5.41, 5.74) is 0. The second kappa shape index (κ2) is 34.4. The summed E-state index contributed by atoms with van der Waals surface area (Å²) in [5, 5.41) is 53.8. The van der Waals surface area contributed by atoms with E-state index in [-0.39, 0.29) is 12.5 Å². The summed E-state index contributed by atoms with van der Waals surface area (Å²) >= 11 is 0. The molecule has 9 nitrogen and oxygen atoms in total. The van der Waals surface area contributed by atoms with Crippen molar-refractivity contribution in [2.45, 2.75) is 198 Å². The molecule has 1 saturated heterocycles. The summed E-state index contributed by atoms with van der Waals surface area (Å²) < 4.78 is 11.1. The van der Waals surface area contributed by atoms with Crippen LogP contribution in [-0.2, 0) is 14.3 Å². The summed E-state index contributed by atoms with van der Waals surface area (Å²) in [6.07, 6.45) is 37.2. The molecular weight excluding hydrogens is 670 g/mol. The van der Waals surface area contributed by atoms with E-state index in [1.807, 2.05) is 6.08 Å². The Bertz CT molecular complexity index is 1010. The lowest BCUT2D eigenvalue weighted by Crippen LogP contribution is -2.60. The van der Waals surface area contributed by atoms with Crippen LogP contribution in [0.15, 0.2) is 60.8 Å². The number of ether oxygens (including phenoxy) is 2. The fourth-order valence-electron chi connectivity index (χ4n) is 6.20. The maximum atomic E-state index is 12.9. The molecule has 1 aliphatic heterocycles. The molecule has 306 valence electrons. The lowest BCUT2D eigenvalue weighted by atomic mass is 9.99. The normalized spacial score (nSPS) is 22.3. The van der Waals surface area contributed by atoms with Gasteiger partial charge in [-0.25, -0.2) is 0 Å². The number of allylic oxidation sites excluding steroid dienone is 9. The summed E-state index contributed by atoms with van der Waals surface area (Å²) in [7, 11) is 0. The van der Waals surface area contributed by atoms with Crippen LogP contribution in [0.1, 0.15) is 155 Å². The van der Waals surface area contributed by atoms with Crippen LogP contribution in [0.25, 0.3) is 0 Å². The van der Waals surface area contributed by atoms with Gasteiger partial charge in [-0.05, 0) is 57.8 Å². The molecule has 0 saturated carbocycles.